The molecule has 1 unspecified atom stereocenters. The Hall–Kier alpha value is -2.17. The van der Waals surface area contributed by atoms with Crippen LogP contribution < -0.4 is 5.32 Å². The van der Waals surface area contributed by atoms with E-state index in [0.717, 1.165) is 5.56 Å². The summed E-state index contributed by atoms with van der Waals surface area (Å²) in [7, 11) is 0. The van der Waals surface area contributed by atoms with Crippen LogP contribution in [0.5, 0.6) is 0 Å². The summed E-state index contributed by atoms with van der Waals surface area (Å²) in [5.41, 5.74) is 2.25. The lowest BCUT2D eigenvalue weighted by molar-refractivity contribution is -0.121. The fourth-order valence-corrected chi connectivity index (χ4v) is 2.45. The molecule has 1 atom stereocenters. The maximum atomic E-state index is 12.2. The summed E-state index contributed by atoms with van der Waals surface area (Å²) in [6, 6.07) is 8.37. The van der Waals surface area contributed by atoms with Gasteiger partial charge in [-0.15, -0.1) is 0 Å². The van der Waals surface area contributed by atoms with Crippen molar-refractivity contribution >= 4 is 5.91 Å². The van der Waals surface area contributed by atoms with Gasteiger partial charge in [0.25, 0.3) is 0 Å². The number of amides is 1. The van der Waals surface area contributed by atoms with Gasteiger partial charge in [-0.3, -0.25) is 4.79 Å². The van der Waals surface area contributed by atoms with E-state index >= 15 is 0 Å². The summed E-state index contributed by atoms with van der Waals surface area (Å²) >= 11 is 0. The highest BCUT2D eigenvalue weighted by Gasteiger charge is 2.21. The first kappa shape index (κ1) is 19.2. The normalized spacial score (nSPS) is 13.1. The smallest absolute Gasteiger partial charge is 0.227 e. The van der Waals surface area contributed by atoms with Crippen LogP contribution in [-0.2, 0) is 16.6 Å². The Labute approximate surface area is 150 Å². The first-order valence-corrected chi connectivity index (χ1v) is 8.89. The van der Waals surface area contributed by atoms with Gasteiger partial charge in [0.05, 0.1) is 6.04 Å². The number of carbonyl (C=O) groups is 1. The zero-order valence-electron chi connectivity index (χ0n) is 16.1. The molecule has 5 heteroatoms. The highest BCUT2D eigenvalue weighted by molar-refractivity contribution is 5.76. The van der Waals surface area contributed by atoms with Crippen molar-refractivity contribution in [2.45, 2.75) is 71.8 Å². The molecular weight excluding hydrogens is 314 g/mol. The van der Waals surface area contributed by atoms with E-state index in [1.807, 2.05) is 27.7 Å². The van der Waals surface area contributed by atoms with Gasteiger partial charge in [-0.2, -0.15) is 4.98 Å². The van der Waals surface area contributed by atoms with Gasteiger partial charge in [-0.05, 0) is 24.0 Å². The van der Waals surface area contributed by atoms with Crippen molar-refractivity contribution in [1.82, 2.24) is 15.5 Å². The van der Waals surface area contributed by atoms with Crippen LogP contribution >= 0.6 is 0 Å². The van der Waals surface area contributed by atoms with Crippen LogP contribution in [0.4, 0.5) is 0 Å². The number of hydrogen-bond acceptors (Lipinski definition) is 4. The molecule has 0 radical (unpaired) electrons. The van der Waals surface area contributed by atoms with Crippen molar-refractivity contribution in [3.63, 3.8) is 0 Å². The summed E-state index contributed by atoms with van der Waals surface area (Å²) in [6.45, 7) is 12.4. The SMILES string of the molecule is CC(C)c1ccc(C(C)NC(=O)CCc2nc(C(C)(C)C)no2)cc1. The molecule has 0 fully saturated rings. The predicted octanol–water partition coefficient (Wildman–Crippen LogP) is 4.30. The molecule has 0 saturated heterocycles. The molecule has 1 N–H and O–H groups in total. The fraction of sp³-hybridized carbons (Fsp3) is 0.550. The van der Waals surface area contributed by atoms with Crippen molar-refractivity contribution in [1.29, 1.82) is 0 Å². The van der Waals surface area contributed by atoms with Crippen molar-refractivity contribution < 1.29 is 9.32 Å². The molecule has 0 aliphatic heterocycles. The standard InChI is InChI=1S/C20H29N3O2/c1-13(2)15-7-9-16(10-8-15)14(3)21-17(24)11-12-18-22-19(23-25-18)20(4,5)6/h7-10,13-14H,11-12H2,1-6H3,(H,21,24). The molecule has 1 heterocycles. The van der Waals surface area contributed by atoms with Crippen LogP contribution in [0.1, 0.15) is 82.8 Å². The van der Waals surface area contributed by atoms with Crippen molar-refractivity contribution in [2.24, 2.45) is 0 Å². The van der Waals surface area contributed by atoms with Crippen LogP contribution in [0.2, 0.25) is 0 Å². The first-order chi connectivity index (χ1) is 11.7. The lowest BCUT2D eigenvalue weighted by Crippen LogP contribution is -2.26. The maximum Gasteiger partial charge on any atom is 0.227 e. The molecule has 0 bridgehead atoms. The molecule has 0 aliphatic rings. The molecule has 1 aromatic heterocycles. The molecule has 1 aromatic carbocycles. The largest absolute Gasteiger partial charge is 0.350 e. The third-order valence-corrected chi connectivity index (χ3v) is 4.19. The van der Waals surface area contributed by atoms with Gasteiger partial charge in [0.2, 0.25) is 11.8 Å². The fourth-order valence-electron chi connectivity index (χ4n) is 2.45. The number of carbonyl (C=O) groups excluding carboxylic acids is 1. The third-order valence-electron chi connectivity index (χ3n) is 4.19. The molecule has 0 spiro atoms. The Kier molecular flexibility index (Phi) is 5.98. The highest BCUT2D eigenvalue weighted by atomic mass is 16.5. The Morgan fingerprint density at radius 1 is 1.12 bits per heavy atom. The monoisotopic (exact) mass is 343 g/mol. The molecular formula is C20H29N3O2. The Morgan fingerprint density at radius 3 is 2.24 bits per heavy atom. The second-order valence-electron chi connectivity index (χ2n) is 7.87. The number of aromatic nitrogens is 2. The lowest BCUT2D eigenvalue weighted by Gasteiger charge is -2.15. The van der Waals surface area contributed by atoms with E-state index in [1.165, 1.54) is 5.56 Å². The van der Waals surface area contributed by atoms with Gasteiger partial charge in [0.1, 0.15) is 0 Å². The Bertz CT molecular complexity index is 696. The second kappa shape index (κ2) is 7.81. The van der Waals surface area contributed by atoms with Crippen molar-refractivity contribution in [2.75, 3.05) is 0 Å². The van der Waals surface area contributed by atoms with Crippen LogP contribution in [0.15, 0.2) is 28.8 Å². The van der Waals surface area contributed by atoms with Crippen LogP contribution in [0.3, 0.4) is 0 Å². The van der Waals surface area contributed by atoms with Gasteiger partial charge in [-0.25, -0.2) is 0 Å². The van der Waals surface area contributed by atoms with E-state index < -0.39 is 0 Å². The topological polar surface area (TPSA) is 68.0 Å². The highest BCUT2D eigenvalue weighted by Crippen LogP contribution is 2.20. The van der Waals surface area contributed by atoms with Crippen LogP contribution in [0.25, 0.3) is 0 Å². The first-order valence-electron chi connectivity index (χ1n) is 8.89. The average molecular weight is 343 g/mol. The quantitative estimate of drug-likeness (QED) is 0.849. The lowest BCUT2D eigenvalue weighted by atomic mass is 9.96. The number of nitrogens with zero attached hydrogens (tertiary/aromatic N) is 2. The zero-order valence-corrected chi connectivity index (χ0v) is 16.1. The third kappa shape index (κ3) is 5.41. The molecule has 1 amide bonds. The van der Waals surface area contributed by atoms with Gasteiger partial charge in [0.15, 0.2) is 5.82 Å². The molecule has 136 valence electrons. The zero-order chi connectivity index (χ0) is 18.6. The Balaban J connectivity index is 1.86. The number of aryl methyl sites for hydroxylation is 1. The van der Waals surface area contributed by atoms with Gasteiger partial charge in [0, 0.05) is 18.3 Å². The molecule has 5 nitrogen and oxygen atoms in total. The molecule has 0 aliphatic carbocycles. The predicted molar refractivity (Wildman–Crippen MR) is 98.4 cm³/mol. The number of rotatable bonds is 6. The van der Waals surface area contributed by atoms with Crippen LogP contribution in [0, 0.1) is 0 Å². The van der Waals surface area contributed by atoms with E-state index in [2.05, 4.69) is 53.6 Å². The molecule has 2 aromatic rings. The van der Waals surface area contributed by atoms with Gasteiger partial charge in [-0.1, -0.05) is 64.0 Å². The number of nitrogens with one attached hydrogen (secondary N) is 1. The van der Waals surface area contributed by atoms with E-state index in [1.54, 1.807) is 0 Å². The second-order valence-corrected chi connectivity index (χ2v) is 7.87. The molecule has 0 saturated carbocycles. The van der Waals surface area contributed by atoms with E-state index in [0.29, 0.717) is 30.5 Å². The summed E-state index contributed by atoms with van der Waals surface area (Å²) in [6.07, 6.45) is 0.786. The van der Waals surface area contributed by atoms with Gasteiger partial charge < -0.3 is 9.84 Å². The van der Waals surface area contributed by atoms with Crippen molar-refractivity contribution in [3.05, 3.63) is 47.1 Å². The summed E-state index contributed by atoms with van der Waals surface area (Å²) in [5, 5.41) is 7.00. The summed E-state index contributed by atoms with van der Waals surface area (Å²) < 4.78 is 5.23. The van der Waals surface area contributed by atoms with Crippen LogP contribution in [-0.4, -0.2) is 16.0 Å². The Morgan fingerprint density at radius 2 is 1.72 bits per heavy atom. The summed E-state index contributed by atoms with van der Waals surface area (Å²) in [5.74, 6) is 1.66. The average Bonchev–Trinajstić information content (AvgIpc) is 3.02. The molecule has 25 heavy (non-hydrogen) atoms. The number of hydrogen-bond donors (Lipinski definition) is 1. The number of benzene rings is 1. The molecule has 2 rings (SSSR count). The minimum absolute atomic E-state index is 0.0176. The maximum absolute atomic E-state index is 12.2. The van der Waals surface area contributed by atoms with E-state index in [9.17, 15) is 4.79 Å². The summed E-state index contributed by atoms with van der Waals surface area (Å²) in [4.78, 5) is 16.5. The van der Waals surface area contributed by atoms with E-state index in [4.69, 9.17) is 4.52 Å². The van der Waals surface area contributed by atoms with E-state index in [-0.39, 0.29) is 17.4 Å². The minimum Gasteiger partial charge on any atom is -0.350 e. The van der Waals surface area contributed by atoms with Gasteiger partial charge >= 0.3 is 0 Å². The minimum atomic E-state index is -0.152. The van der Waals surface area contributed by atoms with Crippen molar-refractivity contribution in [3.8, 4) is 0 Å².